The van der Waals surface area contributed by atoms with Crippen LogP contribution in [-0.4, -0.2) is 36.7 Å². The van der Waals surface area contributed by atoms with E-state index in [0.29, 0.717) is 30.1 Å². The first-order valence-electron chi connectivity index (χ1n) is 6.10. The van der Waals surface area contributed by atoms with Crippen molar-refractivity contribution in [3.63, 3.8) is 0 Å². The second kappa shape index (κ2) is 5.58. The molecule has 0 bridgehead atoms. The highest BCUT2D eigenvalue weighted by Gasteiger charge is 2.25. The number of hydrogen-bond acceptors (Lipinski definition) is 4. The molecule has 7 heteroatoms. The van der Waals surface area contributed by atoms with Crippen molar-refractivity contribution in [1.82, 2.24) is 4.31 Å². The SMILES string of the molecule is C/C(=N\O)c1ccccc1NS(=O)(=O)N1CCCC1. The van der Waals surface area contributed by atoms with Gasteiger partial charge in [0.15, 0.2) is 0 Å². The summed E-state index contributed by atoms with van der Waals surface area (Å²) in [5.41, 5.74) is 1.34. The Hall–Kier alpha value is -1.60. The molecule has 2 rings (SSSR count). The third-order valence-corrected chi connectivity index (χ3v) is 4.63. The summed E-state index contributed by atoms with van der Waals surface area (Å²) in [6.07, 6.45) is 1.78. The Balaban J connectivity index is 2.28. The quantitative estimate of drug-likeness (QED) is 0.500. The standard InChI is InChI=1S/C12H17N3O3S/c1-10(13-16)11-6-2-3-7-12(11)14-19(17,18)15-8-4-5-9-15/h2-3,6-7,14,16H,4-5,8-9H2,1H3/b13-10+. The fourth-order valence-electron chi connectivity index (χ4n) is 2.07. The van der Waals surface area contributed by atoms with Crippen LogP contribution in [0.25, 0.3) is 0 Å². The molecule has 1 fully saturated rings. The summed E-state index contributed by atoms with van der Waals surface area (Å²) in [5, 5.41) is 11.9. The summed E-state index contributed by atoms with van der Waals surface area (Å²) in [6, 6.07) is 6.85. The lowest BCUT2D eigenvalue weighted by molar-refractivity contribution is 0.319. The van der Waals surface area contributed by atoms with Crippen molar-refractivity contribution in [1.29, 1.82) is 0 Å². The van der Waals surface area contributed by atoms with Crippen LogP contribution in [0.1, 0.15) is 25.3 Å². The molecule has 0 spiro atoms. The lowest BCUT2D eigenvalue weighted by atomic mass is 10.1. The summed E-state index contributed by atoms with van der Waals surface area (Å²) in [4.78, 5) is 0. The van der Waals surface area contributed by atoms with Gasteiger partial charge in [0, 0.05) is 18.7 Å². The topological polar surface area (TPSA) is 82.0 Å². The number of benzene rings is 1. The second-order valence-corrected chi connectivity index (χ2v) is 6.11. The normalized spacial score (nSPS) is 17.6. The Kier molecular flexibility index (Phi) is 4.06. The minimum Gasteiger partial charge on any atom is -0.411 e. The molecule has 19 heavy (non-hydrogen) atoms. The highest BCUT2D eigenvalue weighted by atomic mass is 32.2. The van der Waals surface area contributed by atoms with Crippen molar-refractivity contribution in [3.05, 3.63) is 29.8 Å². The van der Waals surface area contributed by atoms with Crippen molar-refractivity contribution in [2.45, 2.75) is 19.8 Å². The van der Waals surface area contributed by atoms with Gasteiger partial charge in [0.25, 0.3) is 0 Å². The molecule has 1 saturated heterocycles. The largest absolute Gasteiger partial charge is 0.411 e. The van der Waals surface area contributed by atoms with Gasteiger partial charge in [0.2, 0.25) is 0 Å². The van der Waals surface area contributed by atoms with E-state index in [-0.39, 0.29) is 0 Å². The number of anilines is 1. The van der Waals surface area contributed by atoms with E-state index in [2.05, 4.69) is 9.88 Å². The lowest BCUT2D eigenvalue weighted by Crippen LogP contribution is -2.33. The number of nitrogens with one attached hydrogen (secondary N) is 1. The van der Waals surface area contributed by atoms with Crippen LogP contribution >= 0.6 is 0 Å². The van der Waals surface area contributed by atoms with Crippen molar-refractivity contribution < 1.29 is 13.6 Å². The maximum Gasteiger partial charge on any atom is 0.301 e. The zero-order valence-electron chi connectivity index (χ0n) is 10.7. The van der Waals surface area contributed by atoms with Crippen LogP contribution in [-0.2, 0) is 10.2 Å². The van der Waals surface area contributed by atoms with E-state index in [1.165, 1.54) is 4.31 Å². The van der Waals surface area contributed by atoms with Gasteiger partial charge in [-0.25, -0.2) is 0 Å². The van der Waals surface area contributed by atoms with Crippen LogP contribution in [0.15, 0.2) is 29.4 Å². The highest BCUT2D eigenvalue weighted by Crippen LogP contribution is 2.20. The Labute approximate surface area is 112 Å². The molecule has 1 aliphatic heterocycles. The maximum atomic E-state index is 12.2. The first-order valence-corrected chi connectivity index (χ1v) is 7.54. The summed E-state index contributed by atoms with van der Waals surface area (Å²) < 4.78 is 28.3. The predicted molar refractivity (Wildman–Crippen MR) is 73.8 cm³/mol. The Morgan fingerprint density at radius 3 is 2.58 bits per heavy atom. The summed E-state index contributed by atoms with van der Waals surface area (Å²) in [7, 11) is -3.53. The molecule has 0 aliphatic carbocycles. The van der Waals surface area contributed by atoms with Gasteiger partial charge in [-0.15, -0.1) is 0 Å². The average molecular weight is 283 g/mol. The van der Waals surface area contributed by atoms with Gasteiger partial charge in [-0.05, 0) is 25.8 Å². The van der Waals surface area contributed by atoms with E-state index >= 15 is 0 Å². The van der Waals surface area contributed by atoms with Crippen LogP contribution in [0.4, 0.5) is 5.69 Å². The Bertz CT molecular complexity index is 578. The number of hydrogen-bond donors (Lipinski definition) is 2. The fraction of sp³-hybridized carbons (Fsp3) is 0.417. The monoisotopic (exact) mass is 283 g/mol. The number of para-hydroxylation sites is 1. The molecule has 0 radical (unpaired) electrons. The summed E-state index contributed by atoms with van der Waals surface area (Å²) >= 11 is 0. The number of rotatable bonds is 4. The van der Waals surface area contributed by atoms with E-state index in [1.807, 2.05) is 0 Å². The molecule has 1 aromatic rings. The van der Waals surface area contributed by atoms with Crippen LogP contribution in [0.2, 0.25) is 0 Å². The van der Waals surface area contributed by atoms with E-state index in [0.717, 1.165) is 12.8 Å². The van der Waals surface area contributed by atoms with Crippen LogP contribution in [0, 0.1) is 0 Å². The third-order valence-electron chi connectivity index (χ3n) is 3.11. The van der Waals surface area contributed by atoms with E-state index in [1.54, 1.807) is 31.2 Å². The minimum absolute atomic E-state index is 0.361. The predicted octanol–water partition coefficient (Wildman–Crippen LogP) is 1.64. The first kappa shape index (κ1) is 13.8. The third kappa shape index (κ3) is 3.05. The molecule has 104 valence electrons. The maximum absolute atomic E-state index is 12.2. The van der Waals surface area contributed by atoms with Crippen LogP contribution in [0.5, 0.6) is 0 Å². The van der Waals surface area contributed by atoms with E-state index < -0.39 is 10.2 Å². The lowest BCUT2D eigenvalue weighted by Gasteiger charge is -2.18. The fourth-order valence-corrected chi connectivity index (χ4v) is 3.40. The van der Waals surface area contributed by atoms with Crippen molar-refractivity contribution in [2.24, 2.45) is 5.16 Å². The Morgan fingerprint density at radius 1 is 1.32 bits per heavy atom. The Morgan fingerprint density at radius 2 is 1.95 bits per heavy atom. The molecular formula is C12H17N3O3S. The van der Waals surface area contributed by atoms with Crippen LogP contribution in [0.3, 0.4) is 0 Å². The van der Waals surface area contributed by atoms with Crippen molar-refractivity contribution in [2.75, 3.05) is 17.8 Å². The summed E-state index contributed by atoms with van der Waals surface area (Å²) in [6.45, 7) is 2.71. The van der Waals surface area contributed by atoms with E-state index in [9.17, 15) is 8.42 Å². The molecule has 1 aliphatic rings. The second-order valence-electron chi connectivity index (χ2n) is 4.44. The molecule has 0 amide bonds. The highest BCUT2D eigenvalue weighted by molar-refractivity contribution is 7.90. The first-order chi connectivity index (χ1) is 9.04. The van der Waals surface area contributed by atoms with Gasteiger partial charge in [-0.3, -0.25) is 4.72 Å². The average Bonchev–Trinajstić information content (AvgIpc) is 2.93. The molecule has 1 heterocycles. The van der Waals surface area contributed by atoms with Gasteiger partial charge in [0.1, 0.15) is 0 Å². The zero-order valence-corrected chi connectivity index (χ0v) is 11.5. The molecule has 0 aromatic heterocycles. The minimum atomic E-state index is -3.53. The van der Waals surface area contributed by atoms with Crippen molar-refractivity contribution in [3.8, 4) is 0 Å². The van der Waals surface area contributed by atoms with Crippen LogP contribution < -0.4 is 4.72 Å². The van der Waals surface area contributed by atoms with Gasteiger partial charge in [-0.2, -0.15) is 12.7 Å². The zero-order chi connectivity index (χ0) is 13.9. The van der Waals surface area contributed by atoms with E-state index in [4.69, 9.17) is 5.21 Å². The smallest absolute Gasteiger partial charge is 0.301 e. The molecule has 0 unspecified atom stereocenters. The molecule has 6 nitrogen and oxygen atoms in total. The van der Waals surface area contributed by atoms with Gasteiger partial charge < -0.3 is 5.21 Å². The van der Waals surface area contributed by atoms with Gasteiger partial charge >= 0.3 is 10.2 Å². The van der Waals surface area contributed by atoms with Gasteiger partial charge in [0.05, 0.1) is 11.4 Å². The van der Waals surface area contributed by atoms with Crippen molar-refractivity contribution >= 4 is 21.6 Å². The molecular weight excluding hydrogens is 266 g/mol. The molecule has 0 saturated carbocycles. The molecule has 2 N–H and O–H groups in total. The number of nitrogens with zero attached hydrogens (tertiary/aromatic N) is 2. The summed E-state index contributed by atoms with van der Waals surface area (Å²) in [5.74, 6) is 0. The molecule has 0 atom stereocenters. The van der Waals surface area contributed by atoms with Gasteiger partial charge in [-0.1, -0.05) is 23.4 Å². The molecule has 1 aromatic carbocycles. The number of oxime groups is 1.